The zero-order valence-corrected chi connectivity index (χ0v) is 26.9. The van der Waals surface area contributed by atoms with Crippen molar-refractivity contribution in [2.24, 2.45) is 0 Å². The fourth-order valence-electron chi connectivity index (χ4n) is 7.87. The molecule has 4 aromatic carbocycles. The van der Waals surface area contributed by atoms with Crippen molar-refractivity contribution in [3.05, 3.63) is 125 Å². The van der Waals surface area contributed by atoms with E-state index in [1.54, 1.807) is 12.1 Å². The summed E-state index contributed by atoms with van der Waals surface area (Å²) in [5.41, 5.74) is 8.98. The van der Waals surface area contributed by atoms with E-state index in [0.717, 1.165) is 77.2 Å². The van der Waals surface area contributed by atoms with Gasteiger partial charge >= 0.3 is 5.97 Å². The maximum atomic E-state index is 14.2. The van der Waals surface area contributed by atoms with Crippen LogP contribution in [0.2, 0.25) is 0 Å². The predicted molar refractivity (Wildman–Crippen MR) is 186 cm³/mol. The quantitative estimate of drug-likeness (QED) is 0.129. The molecular formula is C40H38N4O3. The molecule has 7 nitrogen and oxygen atoms in total. The molecule has 1 atom stereocenters. The van der Waals surface area contributed by atoms with Crippen LogP contribution in [0.5, 0.6) is 0 Å². The molecule has 0 spiro atoms. The van der Waals surface area contributed by atoms with Crippen LogP contribution in [-0.4, -0.2) is 35.1 Å². The number of methoxy groups -OCH3 is 1. The van der Waals surface area contributed by atoms with E-state index in [0.29, 0.717) is 12.1 Å². The molecule has 1 unspecified atom stereocenters. The van der Waals surface area contributed by atoms with E-state index in [2.05, 4.69) is 71.0 Å². The van der Waals surface area contributed by atoms with Crippen LogP contribution >= 0.6 is 0 Å². The number of hydrogen-bond donors (Lipinski definition) is 0. The maximum absolute atomic E-state index is 14.2. The van der Waals surface area contributed by atoms with E-state index in [9.17, 15) is 9.59 Å². The number of carbonyl (C=O) groups excluding carboxylic acids is 2. The first-order valence-corrected chi connectivity index (χ1v) is 16.6. The van der Waals surface area contributed by atoms with Crippen LogP contribution in [0.1, 0.15) is 70.9 Å². The molecule has 3 heterocycles. The van der Waals surface area contributed by atoms with Gasteiger partial charge in [0.25, 0.3) is 5.91 Å². The molecule has 3 aliphatic rings. The van der Waals surface area contributed by atoms with Crippen LogP contribution in [0, 0.1) is 0 Å². The Morgan fingerprint density at radius 1 is 0.894 bits per heavy atom. The van der Waals surface area contributed by atoms with Crippen LogP contribution in [0.25, 0.3) is 22.4 Å². The molecule has 8 rings (SSSR count). The Labute approximate surface area is 275 Å². The van der Waals surface area contributed by atoms with E-state index in [-0.39, 0.29) is 11.9 Å². The number of fused-ring (bicyclic) bond motifs is 6. The van der Waals surface area contributed by atoms with Crippen LogP contribution in [0.15, 0.2) is 103 Å². The van der Waals surface area contributed by atoms with Gasteiger partial charge in [-0.1, -0.05) is 60.2 Å². The summed E-state index contributed by atoms with van der Waals surface area (Å²) in [6.45, 7) is 3.73. The average Bonchev–Trinajstić information content (AvgIpc) is 3.69. The zero-order valence-electron chi connectivity index (χ0n) is 26.9. The Hall–Kier alpha value is -5.17. The monoisotopic (exact) mass is 622 g/mol. The standard InChI is InChI=1S/C40H38N4O3/c1-40-32-16-10-9-15-31(32)38(45)44(40)36-26-29(17-20-35(36)43(40)24-22-28-13-7-4-8-14-28)37-41-33-25-30(39(46)47-2)18-19-34(33)42(37)23-21-27-11-5-3-6-12-27/h3,5-6,9-13,15-20,25-26H,4,7-8,14,21-24H2,1-2H3. The number of amides is 1. The molecule has 1 aliphatic carbocycles. The summed E-state index contributed by atoms with van der Waals surface area (Å²) < 4.78 is 7.23. The van der Waals surface area contributed by atoms with Gasteiger partial charge in [-0.3, -0.25) is 9.69 Å². The number of anilines is 2. The SMILES string of the molecule is COC(=O)c1ccc2c(c1)nc(-c1ccc3c(c1)N1C(=O)c4ccccc4C1(C)N3CCC1=CCCCC1)n2CCc1ccccc1. The third-order valence-corrected chi connectivity index (χ3v) is 10.3. The number of imidazole rings is 1. The molecule has 2 aliphatic heterocycles. The van der Waals surface area contributed by atoms with Gasteiger partial charge in [-0.25, -0.2) is 9.78 Å². The van der Waals surface area contributed by atoms with E-state index in [1.807, 2.05) is 35.2 Å². The molecule has 1 aromatic heterocycles. The molecule has 1 amide bonds. The summed E-state index contributed by atoms with van der Waals surface area (Å²) in [6.07, 6.45) is 9.07. The minimum absolute atomic E-state index is 0.0289. The lowest BCUT2D eigenvalue weighted by Gasteiger charge is -2.38. The Bertz CT molecular complexity index is 2060. The predicted octanol–water partition coefficient (Wildman–Crippen LogP) is 8.28. The van der Waals surface area contributed by atoms with Crippen molar-refractivity contribution in [3.8, 4) is 11.4 Å². The van der Waals surface area contributed by atoms with Crippen LogP contribution in [-0.2, 0) is 23.4 Å². The minimum atomic E-state index is -0.618. The summed E-state index contributed by atoms with van der Waals surface area (Å²) in [5, 5.41) is 0. The summed E-state index contributed by atoms with van der Waals surface area (Å²) in [4.78, 5) is 36.1. The van der Waals surface area contributed by atoms with Gasteiger partial charge in [0.2, 0.25) is 0 Å². The lowest BCUT2D eigenvalue weighted by atomic mass is 9.95. The van der Waals surface area contributed by atoms with Gasteiger partial charge in [-0.2, -0.15) is 0 Å². The van der Waals surface area contributed by atoms with Crippen molar-refractivity contribution < 1.29 is 14.3 Å². The Balaban J connectivity index is 1.24. The highest BCUT2D eigenvalue weighted by Crippen LogP contribution is 2.55. The second-order valence-electron chi connectivity index (χ2n) is 12.9. The summed E-state index contributed by atoms with van der Waals surface area (Å²) in [5.74, 6) is 0.443. The highest BCUT2D eigenvalue weighted by atomic mass is 16.5. The van der Waals surface area contributed by atoms with Crippen molar-refractivity contribution in [3.63, 3.8) is 0 Å². The van der Waals surface area contributed by atoms with Crippen molar-refractivity contribution >= 4 is 34.3 Å². The van der Waals surface area contributed by atoms with Crippen molar-refractivity contribution in [2.75, 3.05) is 23.5 Å². The first kappa shape index (κ1) is 29.2. The molecule has 47 heavy (non-hydrogen) atoms. The summed E-state index contributed by atoms with van der Waals surface area (Å²) >= 11 is 0. The number of ether oxygens (including phenoxy) is 1. The van der Waals surface area contributed by atoms with Crippen molar-refractivity contribution in [2.45, 2.75) is 57.7 Å². The molecular weight excluding hydrogens is 584 g/mol. The van der Waals surface area contributed by atoms with Crippen LogP contribution in [0.3, 0.4) is 0 Å². The largest absolute Gasteiger partial charge is 0.465 e. The molecule has 0 radical (unpaired) electrons. The molecule has 0 saturated heterocycles. The topological polar surface area (TPSA) is 67.7 Å². The average molecular weight is 623 g/mol. The van der Waals surface area contributed by atoms with Crippen LogP contribution in [0.4, 0.5) is 11.4 Å². The fraction of sp³-hybridized carbons (Fsp3) is 0.275. The van der Waals surface area contributed by atoms with Gasteiger partial charge in [-0.15, -0.1) is 0 Å². The number of allylic oxidation sites excluding steroid dienone is 1. The Kier molecular flexibility index (Phi) is 7.20. The number of aromatic nitrogens is 2. The number of benzene rings is 4. The smallest absolute Gasteiger partial charge is 0.337 e. The number of rotatable bonds is 8. The third-order valence-electron chi connectivity index (χ3n) is 10.3. The molecule has 7 heteroatoms. The molecule has 0 N–H and O–H groups in total. The number of aryl methyl sites for hydroxylation is 2. The molecule has 236 valence electrons. The van der Waals surface area contributed by atoms with E-state index < -0.39 is 5.66 Å². The lowest BCUT2D eigenvalue weighted by molar-refractivity contribution is 0.0600. The normalized spacial score (nSPS) is 18.3. The number of carbonyl (C=O) groups is 2. The minimum Gasteiger partial charge on any atom is -0.465 e. The van der Waals surface area contributed by atoms with Gasteiger partial charge in [0.1, 0.15) is 11.5 Å². The Morgan fingerprint density at radius 2 is 1.72 bits per heavy atom. The van der Waals surface area contributed by atoms with Gasteiger partial charge in [0.15, 0.2) is 0 Å². The molecule has 0 saturated carbocycles. The lowest BCUT2D eigenvalue weighted by Crippen LogP contribution is -2.50. The van der Waals surface area contributed by atoms with Gasteiger partial charge in [0.05, 0.1) is 35.1 Å². The second kappa shape index (κ2) is 11.6. The fourth-order valence-corrected chi connectivity index (χ4v) is 7.87. The second-order valence-corrected chi connectivity index (χ2v) is 12.9. The first-order valence-electron chi connectivity index (χ1n) is 16.6. The van der Waals surface area contributed by atoms with Gasteiger partial charge in [-0.05, 0) is 93.5 Å². The first-order chi connectivity index (χ1) is 23.0. The van der Waals surface area contributed by atoms with E-state index in [1.165, 1.54) is 31.1 Å². The van der Waals surface area contributed by atoms with Crippen molar-refractivity contribution in [1.29, 1.82) is 0 Å². The number of esters is 1. The number of hydrogen-bond acceptors (Lipinski definition) is 5. The number of nitrogens with zero attached hydrogens (tertiary/aromatic N) is 4. The van der Waals surface area contributed by atoms with Crippen LogP contribution < -0.4 is 9.80 Å². The van der Waals surface area contributed by atoms with Crippen molar-refractivity contribution in [1.82, 2.24) is 9.55 Å². The van der Waals surface area contributed by atoms with E-state index >= 15 is 0 Å². The highest BCUT2D eigenvalue weighted by Gasteiger charge is 2.56. The zero-order chi connectivity index (χ0) is 32.1. The molecule has 5 aromatic rings. The van der Waals surface area contributed by atoms with Gasteiger partial charge in [0, 0.05) is 29.8 Å². The van der Waals surface area contributed by atoms with E-state index in [4.69, 9.17) is 9.72 Å². The summed E-state index contributed by atoms with van der Waals surface area (Å²) in [6, 6.07) is 30.5. The van der Waals surface area contributed by atoms with Gasteiger partial charge < -0.3 is 14.2 Å². The summed E-state index contributed by atoms with van der Waals surface area (Å²) in [7, 11) is 1.39. The molecule has 0 fully saturated rings. The maximum Gasteiger partial charge on any atom is 0.337 e. The Morgan fingerprint density at radius 3 is 2.53 bits per heavy atom. The third kappa shape index (κ3) is 4.75. The highest BCUT2D eigenvalue weighted by molar-refractivity contribution is 6.16. The molecule has 0 bridgehead atoms.